The van der Waals surface area contributed by atoms with Gasteiger partial charge in [0.1, 0.15) is 11.6 Å². The van der Waals surface area contributed by atoms with Crippen LogP contribution in [-0.2, 0) is 0 Å². The van der Waals surface area contributed by atoms with Crippen LogP contribution in [0.25, 0.3) is 11.1 Å². The van der Waals surface area contributed by atoms with Crippen LogP contribution in [0, 0.1) is 5.82 Å². The third-order valence-corrected chi connectivity index (χ3v) is 4.97. The van der Waals surface area contributed by atoms with Crippen molar-refractivity contribution in [3.63, 3.8) is 0 Å². The molecule has 0 unspecified atom stereocenters. The molecule has 3 rings (SSSR count). The molecule has 0 heterocycles. The van der Waals surface area contributed by atoms with Crippen LogP contribution in [0.15, 0.2) is 42.5 Å². The molecule has 1 amide bonds. The maximum atomic E-state index is 14.5. The Morgan fingerprint density at radius 2 is 1.77 bits per heavy atom. The van der Waals surface area contributed by atoms with Gasteiger partial charge >= 0.3 is 0 Å². The van der Waals surface area contributed by atoms with Gasteiger partial charge in [-0.05, 0) is 48.2 Å². The third kappa shape index (κ3) is 4.17. The highest BCUT2D eigenvalue weighted by Gasteiger charge is 2.34. The van der Waals surface area contributed by atoms with Crippen LogP contribution in [0.2, 0.25) is 0 Å². The molecule has 0 aromatic heterocycles. The van der Waals surface area contributed by atoms with Gasteiger partial charge < -0.3 is 15.8 Å². The van der Waals surface area contributed by atoms with E-state index in [0.29, 0.717) is 12.1 Å². The highest BCUT2D eigenvalue weighted by molar-refractivity contribution is 5.95. The number of hydrogen-bond acceptors (Lipinski definition) is 3. The van der Waals surface area contributed by atoms with Crippen molar-refractivity contribution in [1.29, 1.82) is 0 Å². The Balaban J connectivity index is 0.00000243. The van der Waals surface area contributed by atoms with Gasteiger partial charge in [-0.2, -0.15) is 0 Å². The number of nitrogens with two attached hydrogens (primary N) is 1. The predicted molar refractivity (Wildman–Crippen MR) is 103 cm³/mol. The number of amides is 1. The van der Waals surface area contributed by atoms with Crippen molar-refractivity contribution in [3.05, 3.63) is 53.8 Å². The summed E-state index contributed by atoms with van der Waals surface area (Å²) in [7, 11) is 1.60. The van der Waals surface area contributed by atoms with E-state index in [1.807, 2.05) is 24.3 Å². The summed E-state index contributed by atoms with van der Waals surface area (Å²) in [6.07, 6.45) is 3.77. The molecule has 3 N–H and O–H groups in total. The quantitative estimate of drug-likeness (QED) is 0.828. The van der Waals surface area contributed by atoms with E-state index >= 15 is 0 Å². The summed E-state index contributed by atoms with van der Waals surface area (Å²) < 4.78 is 19.6. The summed E-state index contributed by atoms with van der Waals surface area (Å²) in [5.74, 6) is -0.189. The lowest BCUT2D eigenvalue weighted by atomic mass is 9.96. The Labute approximate surface area is 159 Å². The Morgan fingerprint density at radius 3 is 2.31 bits per heavy atom. The summed E-state index contributed by atoms with van der Waals surface area (Å²) in [4.78, 5) is 12.5. The second-order valence-corrected chi connectivity index (χ2v) is 6.57. The Morgan fingerprint density at radius 1 is 1.15 bits per heavy atom. The average Bonchev–Trinajstić information content (AvgIpc) is 3.10. The molecular formula is C20H24ClFN2O2. The number of ether oxygens (including phenoxy) is 1. The maximum absolute atomic E-state index is 14.5. The van der Waals surface area contributed by atoms with Crippen molar-refractivity contribution in [3.8, 4) is 16.9 Å². The van der Waals surface area contributed by atoms with Gasteiger partial charge in [0.15, 0.2) is 0 Å². The fraction of sp³-hybridized carbons (Fsp3) is 0.350. The number of carbonyl (C=O) groups is 1. The summed E-state index contributed by atoms with van der Waals surface area (Å²) in [5, 5.41) is 2.95. The highest BCUT2D eigenvalue weighted by Crippen LogP contribution is 2.29. The second-order valence-electron chi connectivity index (χ2n) is 6.57. The van der Waals surface area contributed by atoms with Gasteiger partial charge in [-0.3, -0.25) is 4.79 Å². The van der Waals surface area contributed by atoms with Crippen molar-refractivity contribution in [2.75, 3.05) is 13.7 Å². The molecule has 2 aromatic carbocycles. The number of benzene rings is 2. The molecular weight excluding hydrogens is 355 g/mol. The molecule has 4 nitrogen and oxygen atoms in total. The van der Waals surface area contributed by atoms with E-state index in [-0.39, 0.29) is 18.0 Å². The standard InChI is InChI=1S/C20H23FN2O2.ClH/c1-25-16-7-4-14(5-8-16)15-6-9-17(18(21)12-15)19(24)23-20(13-22)10-2-3-11-20;/h4-9,12H,2-3,10-11,13,22H2,1H3,(H,23,24);1H. The molecule has 2 aromatic rings. The summed E-state index contributed by atoms with van der Waals surface area (Å²) in [6, 6.07) is 12.0. The molecule has 1 saturated carbocycles. The first-order chi connectivity index (χ1) is 12.1. The number of methoxy groups -OCH3 is 1. The van der Waals surface area contributed by atoms with Gasteiger partial charge in [-0.25, -0.2) is 4.39 Å². The first-order valence-corrected chi connectivity index (χ1v) is 8.53. The van der Waals surface area contributed by atoms with Crippen LogP contribution >= 0.6 is 12.4 Å². The van der Waals surface area contributed by atoms with E-state index in [0.717, 1.165) is 37.0 Å². The fourth-order valence-corrected chi connectivity index (χ4v) is 3.40. The minimum atomic E-state index is -0.531. The summed E-state index contributed by atoms with van der Waals surface area (Å²) in [6.45, 7) is 0.379. The van der Waals surface area contributed by atoms with Gasteiger partial charge in [0.25, 0.3) is 5.91 Å². The van der Waals surface area contributed by atoms with Gasteiger partial charge in [0.2, 0.25) is 0 Å². The second kappa shape index (κ2) is 8.52. The molecule has 0 saturated heterocycles. The monoisotopic (exact) mass is 378 g/mol. The van der Waals surface area contributed by atoms with Crippen LogP contribution in [-0.4, -0.2) is 25.1 Å². The molecule has 6 heteroatoms. The van der Waals surface area contributed by atoms with Gasteiger partial charge in [-0.15, -0.1) is 12.4 Å². The molecule has 0 atom stereocenters. The van der Waals surface area contributed by atoms with Crippen molar-refractivity contribution in [1.82, 2.24) is 5.32 Å². The molecule has 0 spiro atoms. The molecule has 1 fully saturated rings. The lowest BCUT2D eigenvalue weighted by molar-refractivity contribution is 0.0899. The minimum Gasteiger partial charge on any atom is -0.497 e. The Kier molecular flexibility index (Phi) is 6.62. The summed E-state index contributed by atoms with van der Waals surface area (Å²) in [5.41, 5.74) is 7.08. The SMILES string of the molecule is COc1ccc(-c2ccc(C(=O)NC3(CN)CCCC3)c(F)c2)cc1.Cl. The van der Waals surface area contributed by atoms with Crippen LogP contribution in [0.4, 0.5) is 4.39 Å². The topological polar surface area (TPSA) is 64.3 Å². The highest BCUT2D eigenvalue weighted by atomic mass is 35.5. The zero-order valence-corrected chi connectivity index (χ0v) is 15.6. The number of carbonyl (C=O) groups excluding carboxylic acids is 1. The lowest BCUT2D eigenvalue weighted by Gasteiger charge is -2.28. The van der Waals surface area contributed by atoms with Gasteiger partial charge in [-0.1, -0.05) is 31.0 Å². The normalized spacial score (nSPS) is 15.2. The van der Waals surface area contributed by atoms with E-state index in [1.165, 1.54) is 12.1 Å². The lowest BCUT2D eigenvalue weighted by Crippen LogP contribution is -2.51. The largest absolute Gasteiger partial charge is 0.497 e. The van der Waals surface area contributed by atoms with Gasteiger partial charge in [0, 0.05) is 6.54 Å². The average molecular weight is 379 g/mol. The van der Waals surface area contributed by atoms with E-state index in [9.17, 15) is 9.18 Å². The molecule has 0 radical (unpaired) electrons. The zero-order chi connectivity index (χ0) is 17.9. The smallest absolute Gasteiger partial charge is 0.254 e. The molecule has 0 bridgehead atoms. The zero-order valence-electron chi connectivity index (χ0n) is 14.8. The Bertz CT molecular complexity index is 759. The number of hydrogen-bond donors (Lipinski definition) is 2. The summed E-state index contributed by atoms with van der Waals surface area (Å²) >= 11 is 0. The van der Waals surface area contributed by atoms with E-state index in [2.05, 4.69) is 5.32 Å². The van der Waals surface area contributed by atoms with E-state index in [1.54, 1.807) is 13.2 Å². The fourth-order valence-electron chi connectivity index (χ4n) is 3.40. The van der Waals surface area contributed by atoms with E-state index < -0.39 is 17.3 Å². The molecule has 0 aliphatic heterocycles. The van der Waals surface area contributed by atoms with Crippen LogP contribution in [0.5, 0.6) is 5.75 Å². The van der Waals surface area contributed by atoms with Crippen LogP contribution in [0.3, 0.4) is 0 Å². The van der Waals surface area contributed by atoms with Gasteiger partial charge in [0.05, 0.1) is 18.2 Å². The number of halogens is 2. The van der Waals surface area contributed by atoms with E-state index in [4.69, 9.17) is 10.5 Å². The maximum Gasteiger partial charge on any atom is 0.254 e. The number of nitrogens with one attached hydrogen (secondary N) is 1. The number of rotatable bonds is 5. The predicted octanol–water partition coefficient (Wildman–Crippen LogP) is 3.92. The van der Waals surface area contributed by atoms with Crippen LogP contribution in [0.1, 0.15) is 36.0 Å². The molecule has 140 valence electrons. The first kappa shape index (κ1) is 20.2. The van der Waals surface area contributed by atoms with Crippen molar-refractivity contribution in [2.24, 2.45) is 5.73 Å². The van der Waals surface area contributed by atoms with Crippen LogP contribution < -0.4 is 15.8 Å². The first-order valence-electron chi connectivity index (χ1n) is 8.53. The molecule has 1 aliphatic rings. The van der Waals surface area contributed by atoms with Crippen molar-refractivity contribution >= 4 is 18.3 Å². The third-order valence-electron chi connectivity index (χ3n) is 4.97. The van der Waals surface area contributed by atoms with Crippen molar-refractivity contribution < 1.29 is 13.9 Å². The van der Waals surface area contributed by atoms with Crippen molar-refractivity contribution in [2.45, 2.75) is 31.2 Å². The minimum absolute atomic E-state index is 0. The molecule has 26 heavy (non-hydrogen) atoms. The molecule has 1 aliphatic carbocycles. The Hall–Kier alpha value is -2.11.